The van der Waals surface area contributed by atoms with Gasteiger partial charge in [-0.1, -0.05) is 11.6 Å². The Morgan fingerprint density at radius 2 is 1.68 bits per heavy atom. The summed E-state index contributed by atoms with van der Waals surface area (Å²) in [5.74, 6) is 7.61. The van der Waals surface area contributed by atoms with Crippen LogP contribution in [0.5, 0.6) is 0 Å². The van der Waals surface area contributed by atoms with Gasteiger partial charge in [0, 0.05) is 61.3 Å². The van der Waals surface area contributed by atoms with Gasteiger partial charge >= 0.3 is 0 Å². The third-order valence-corrected chi connectivity index (χ3v) is 6.63. The number of piperazine rings is 1. The van der Waals surface area contributed by atoms with Crippen molar-refractivity contribution < 1.29 is 4.39 Å². The van der Waals surface area contributed by atoms with E-state index in [2.05, 4.69) is 43.7 Å². The number of hydrogen-bond acceptors (Lipinski definition) is 8. The lowest BCUT2D eigenvalue weighted by Gasteiger charge is -2.32. The first kappa shape index (κ1) is 26.8. The topological polar surface area (TPSA) is 115 Å². The Labute approximate surface area is 220 Å². The smallest absolute Gasteiger partial charge is 0.132 e. The summed E-state index contributed by atoms with van der Waals surface area (Å²) in [7, 11) is 2.16. The second-order valence-electron chi connectivity index (χ2n) is 8.89. The molecule has 1 aliphatic heterocycles. The van der Waals surface area contributed by atoms with Gasteiger partial charge in [-0.05, 0) is 62.0 Å². The van der Waals surface area contributed by atoms with Gasteiger partial charge in [-0.3, -0.25) is 26.3 Å². The molecule has 194 valence electrons. The molecule has 5 rings (SSSR count). The lowest BCUT2D eigenvalue weighted by Crippen LogP contribution is -2.45. The Morgan fingerprint density at radius 1 is 0.892 bits per heavy atom. The van der Waals surface area contributed by atoms with E-state index in [1.54, 1.807) is 12.3 Å². The average molecular weight is 524 g/mol. The van der Waals surface area contributed by atoms with Crippen LogP contribution >= 0.6 is 11.6 Å². The Morgan fingerprint density at radius 3 is 2.46 bits per heavy atom. The number of hydrogen-bond donors (Lipinski definition) is 2. The first-order valence-corrected chi connectivity index (χ1v) is 12.4. The number of benzene rings is 1. The molecule has 0 radical (unpaired) electrons. The fourth-order valence-electron chi connectivity index (χ4n) is 4.25. The number of pyridine rings is 1. The number of halogens is 2. The second-order valence-corrected chi connectivity index (χ2v) is 9.33. The van der Waals surface area contributed by atoms with Gasteiger partial charge in [0.25, 0.3) is 0 Å². The van der Waals surface area contributed by atoms with Crippen LogP contribution in [0, 0.1) is 12.7 Å². The highest BCUT2D eigenvalue weighted by atomic mass is 35.5. The summed E-state index contributed by atoms with van der Waals surface area (Å²) >= 11 is 6.08. The summed E-state index contributed by atoms with van der Waals surface area (Å²) in [6, 6.07) is 12.1. The molecule has 4 aromatic rings. The fourth-order valence-corrected chi connectivity index (χ4v) is 4.42. The maximum Gasteiger partial charge on any atom is 0.132 e. The number of aromatic nitrogens is 5. The molecule has 11 heteroatoms. The van der Waals surface area contributed by atoms with Crippen molar-refractivity contribution in [3.63, 3.8) is 0 Å². The van der Waals surface area contributed by atoms with E-state index in [0.717, 1.165) is 67.5 Å². The molecule has 0 atom stereocenters. The third kappa shape index (κ3) is 6.54. The minimum Gasteiger partial charge on any atom is -0.304 e. The molecule has 1 fully saturated rings. The number of hydrazine groups is 1. The van der Waals surface area contributed by atoms with Gasteiger partial charge in [0.05, 0.1) is 23.6 Å². The Bertz CT molecular complexity index is 1340. The van der Waals surface area contributed by atoms with Crippen molar-refractivity contribution in [1.29, 1.82) is 0 Å². The highest BCUT2D eigenvalue weighted by molar-refractivity contribution is 6.30. The highest BCUT2D eigenvalue weighted by Crippen LogP contribution is 2.30. The number of nitrogens with two attached hydrogens (primary N) is 2. The third-order valence-electron chi connectivity index (χ3n) is 6.40. The molecule has 4 heterocycles. The predicted octanol–water partition coefficient (Wildman–Crippen LogP) is 3.24. The van der Waals surface area contributed by atoms with Gasteiger partial charge in [0.2, 0.25) is 0 Å². The van der Waals surface area contributed by atoms with Crippen molar-refractivity contribution in [1.82, 2.24) is 34.8 Å². The van der Waals surface area contributed by atoms with Crippen molar-refractivity contribution >= 4 is 11.6 Å². The van der Waals surface area contributed by atoms with Crippen molar-refractivity contribution in [2.24, 2.45) is 11.7 Å². The van der Waals surface area contributed by atoms with Crippen LogP contribution in [-0.4, -0.2) is 74.5 Å². The molecule has 4 N–H and O–H groups in total. The van der Waals surface area contributed by atoms with Crippen LogP contribution in [0.25, 0.3) is 33.8 Å². The fraction of sp³-hybridized carbons (Fsp3) is 0.308. The zero-order chi connectivity index (χ0) is 26.4. The monoisotopic (exact) mass is 523 g/mol. The van der Waals surface area contributed by atoms with Crippen LogP contribution in [0.4, 0.5) is 4.39 Å². The summed E-state index contributed by atoms with van der Waals surface area (Å²) in [5.41, 5.74) is 4.84. The van der Waals surface area contributed by atoms with E-state index in [9.17, 15) is 4.39 Å². The number of aryl methyl sites for hydroxylation is 1. The van der Waals surface area contributed by atoms with E-state index >= 15 is 0 Å². The SMILES string of the molecule is Cc1nnc(-c2cc(Cl)ccc2F)cc1-c1ccnc(-c2ccn(CCN3CCN(C)CC3)n2)c1.NN. The quantitative estimate of drug-likeness (QED) is 0.292. The predicted molar refractivity (Wildman–Crippen MR) is 144 cm³/mol. The maximum absolute atomic E-state index is 14.4. The number of likely N-dealkylation sites (N-methyl/N-ethyl adjacent to an activating group) is 1. The first-order valence-electron chi connectivity index (χ1n) is 12.0. The van der Waals surface area contributed by atoms with E-state index < -0.39 is 5.82 Å². The summed E-state index contributed by atoms with van der Waals surface area (Å²) in [6.07, 6.45) is 3.76. The molecule has 0 bridgehead atoms. The molecule has 0 aliphatic carbocycles. The molecule has 0 unspecified atom stereocenters. The van der Waals surface area contributed by atoms with Gasteiger partial charge in [0.1, 0.15) is 11.5 Å². The number of rotatable bonds is 6. The van der Waals surface area contributed by atoms with Crippen LogP contribution in [-0.2, 0) is 6.54 Å². The van der Waals surface area contributed by atoms with Crippen LogP contribution in [0.3, 0.4) is 0 Å². The Kier molecular flexibility index (Phi) is 8.91. The summed E-state index contributed by atoms with van der Waals surface area (Å²) in [6.45, 7) is 8.10. The van der Waals surface area contributed by atoms with Crippen LogP contribution in [0.1, 0.15) is 5.69 Å². The molecule has 0 amide bonds. The second kappa shape index (κ2) is 12.3. The Balaban J connectivity index is 0.00000156. The molecule has 9 nitrogen and oxygen atoms in total. The van der Waals surface area contributed by atoms with Gasteiger partial charge in [-0.25, -0.2) is 4.39 Å². The first-order chi connectivity index (χ1) is 18.0. The average Bonchev–Trinajstić information content (AvgIpc) is 3.41. The van der Waals surface area contributed by atoms with Gasteiger partial charge in [-0.15, -0.1) is 0 Å². The van der Waals surface area contributed by atoms with E-state index in [1.807, 2.05) is 42.1 Å². The minimum absolute atomic E-state index is 0.319. The van der Waals surface area contributed by atoms with Crippen LogP contribution in [0.15, 0.2) is 54.9 Å². The molecular weight excluding hydrogens is 493 g/mol. The normalized spacial score (nSPS) is 14.3. The van der Waals surface area contributed by atoms with Gasteiger partial charge in [0.15, 0.2) is 0 Å². The molecule has 0 spiro atoms. The van der Waals surface area contributed by atoms with Crippen molar-refractivity contribution in [2.45, 2.75) is 13.5 Å². The molecule has 1 aliphatic rings. The zero-order valence-electron chi connectivity index (χ0n) is 21.0. The van der Waals surface area contributed by atoms with Gasteiger partial charge in [-0.2, -0.15) is 15.3 Å². The number of nitrogens with zero attached hydrogens (tertiary/aromatic N) is 7. The van der Waals surface area contributed by atoms with Crippen molar-refractivity contribution in [3.05, 3.63) is 71.4 Å². The molecule has 1 aromatic carbocycles. The lowest BCUT2D eigenvalue weighted by atomic mass is 10.0. The molecule has 1 saturated heterocycles. The zero-order valence-corrected chi connectivity index (χ0v) is 21.7. The van der Waals surface area contributed by atoms with E-state index in [-0.39, 0.29) is 0 Å². The molecule has 37 heavy (non-hydrogen) atoms. The van der Waals surface area contributed by atoms with Crippen molar-refractivity contribution in [3.8, 4) is 33.8 Å². The minimum atomic E-state index is -0.393. The summed E-state index contributed by atoms with van der Waals surface area (Å²) in [4.78, 5) is 9.37. The van der Waals surface area contributed by atoms with Crippen LogP contribution in [0.2, 0.25) is 5.02 Å². The standard InChI is InChI=1S/C26H27ClFN7.H4N2/c1-18-21(17-25(31-30-18)22-16-20(27)3-4-23(22)28)19-5-7-29-26(15-19)24-6-8-35(32-24)14-13-34-11-9-33(2)10-12-34;1-2/h3-8,15-17H,9-14H2,1-2H3;1-2H2. The van der Waals surface area contributed by atoms with E-state index in [1.165, 1.54) is 12.1 Å². The van der Waals surface area contributed by atoms with Crippen LogP contribution < -0.4 is 11.7 Å². The molecule has 3 aromatic heterocycles. The summed E-state index contributed by atoms with van der Waals surface area (Å²) in [5, 5.41) is 13.7. The van der Waals surface area contributed by atoms with E-state index in [0.29, 0.717) is 16.3 Å². The Hall–Kier alpha value is -3.28. The van der Waals surface area contributed by atoms with E-state index in [4.69, 9.17) is 16.7 Å². The largest absolute Gasteiger partial charge is 0.304 e. The summed E-state index contributed by atoms with van der Waals surface area (Å²) < 4.78 is 16.4. The highest BCUT2D eigenvalue weighted by Gasteiger charge is 2.15. The molecular formula is C26H31ClFN9. The van der Waals surface area contributed by atoms with Crippen molar-refractivity contribution in [2.75, 3.05) is 39.8 Å². The molecule has 0 saturated carbocycles. The maximum atomic E-state index is 14.4. The van der Waals surface area contributed by atoms with Gasteiger partial charge < -0.3 is 4.90 Å². The lowest BCUT2D eigenvalue weighted by molar-refractivity contribution is 0.149.